The van der Waals surface area contributed by atoms with Crippen molar-refractivity contribution in [3.05, 3.63) is 35.4 Å². The summed E-state index contributed by atoms with van der Waals surface area (Å²) in [5.74, 6) is 1.15. The van der Waals surface area contributed by atoms with Crippen molar-refractivity contribution in [2.45, 2.75) is 50.8 Å². The molecule has 4 nitrogen and oxygen atoms in total. The summed E-state index contributed by atoms with van der Waals surface area (Å²) in [6.45, 7) is 0.576. The third kappa shape index (κ3) is 3.33. The molecule has 3 rings (SSSR count). The van der Waals surface area contributed by atoms with Gasteiger partial charge in [-0.25, -0.2) is 0 Å². The topological polar surface area (TPSA) is 64.3 Å². The van der Waals surface area contributed by atoms with Gasteiger partial charge in [0.2, 0.25) is 0 Å². The summed E-state index contributed by atoms with van der Waals surface area (Å²) in [6, 6.07) is 8.30. The summed E-state index contributed by atoms with van der Waals surface area (Å²) >= 11 is 0. The van der Waals surface area contributed by atoms with Crippen molar-refractivity contribution < 1.29 is 9.53 Å². The van der Waals surface area contributed by atoms with E-state index < -0.39 is 0 Å². The average molecular weight is 302 g/mol. The Balaban J connectivity index is 1.66. The summed E-state index contributed by atoms with van der Waals surface area (Å²) in [7, 11) is 1.67. The molecule has 2 saturated carbocycles. The van der Waals surface area contributed by atoms with Crippen LogP contribution in [0.4, 0.5) is 0 Å². The summed E-state index contributed by atoms with van der Waals surface area (Å²) in [6.07, 6.45) is 5.77. The van der Waals surface area contributed by atoms with Crippen LogP contribution in [0.15, 0.2) is 24.3 Å². The number of methoxy groups -OCH3 is 1. The first-order valence-corrected chi connectivity index (χ1v) is 8.31. The van der Waals surface area contributed by atoms with E-state index in [1.807, 2.05) is 24.3 Å². The fourth-order valence-electron chi connectivity index (χ4n) is 4.18. The van der Waals surface area contributed by atoms with Crippen molar-refractivity contribution >= 4 is 5.91 Å². The zero-order chi connectivity index (χ0) is 15.5. The van der Waals surface area contributed by atoms with Crippen molar-refractivity contribution in [3.63, 3.8) is 0 Å². The summed E-state index contributed by atoms with van der Waals surface area (Å²) in [5.41, 5.74) is 7.96. The van der Waals surface area contributed by atoms with E-state index in [2.05, 4.69) is 5.32 Å². The molecule has 1 amide bonds. The van der Waals surface area contributed by atoms with E-state index >= 15 is 0 Å². The number of rotatable bonds is 4. The molecule has 0 radical (unpaired) electrons. The van der Waals surface area contributed by atoms with Gasteiger partial charge in [0, 0.05) is 24.8 Å². The van der Waals surface area contributed by atoms with Gasteiger partial charge in [-0.05, 0) is 55.2 Å². The Hall–Kier alpha value is -1.39. The molecule has 22 heavy (non-hydrogen) atoms. The van der Waals surface area contributed by atoms with Gasteiger partial charge < -0.3 is 15.8 Å². The number of carbonyl (C=O) groups excluding carboxylic acids is 1. The molecule has 0 aliphatic heterocycles. The highest BCUT2D eigenvalue weighted by Crippen LogP contribution is 2.39. The Bertz CT molecular complexity index is 500. The van der Waals surface area contributed by atoms with Crippen LogP contribution < -0.4 is 11.1 Å². The number of fused-ring (bicyclic) bond motifs is 2. The Morgan fingerprint density at radius 1 is 1.23 bits per heavy atom. The third-order valence-corrected chi connectivity index (χ3v) is 5.20. The van der Waals surface area contributed by atoms with Crippen LogP contribution >= 0.6 is 0 Å². The molecule has 0 aromatic heterocycles. The maximum absolute atomic E-state index is 12.5. The van der Waals surface area contributed by atoms with Gasteiger partial charge >= 0.3 is 0 Å². The lowest BCUT2D eigenvalue weighted by Gasteiger charge is -2.45. The third-order valence-electron chi connectivity index (χ3n) is 5.20. The number of nitrogens with one attached hydrogen (secondary N) is 1. The molecule has 2 aliphatic rings. The first-order valence-electron chi connectivity index (χ1n) is 8.31. The van der Waals surface area contributed by atoms with Crippen LogP contribution in [0.3, 0.4) is 0 Å². The zero-order valence-electron chi connectivity index (χ0n) is 13.3. The van der Waals surface area contributed by atoms with E-state index in [1.54, 1.807) is 7.11 Å². The number of carbonyl (C=O) groups is 1. The standard InChI is InChI=1S/C18H26N2O2/c1-22-11-12-5-7-13(8-6-12)18(21)20-17-14-3-2-4-15(17)10-16(19)9-14/h5-8,14-17H,2-4,9-11,19H2,1H3,(H,20,21). The number of hydrogen-bond acceptors (Lipinski definition) is 3. The van der Waals surface area contributed by atoms with Crippen molar-refractivity contribution in [1.82, 2.24) is 5.32 Å². The largest absolute Gasteiger partial charge is 0.380 e. The molecule has 1 aromatic rings. The van der Waals surface area contributed by atoms with Gasteiger partial charge in [0.1, 0.15) is 0 Å². The summed E-state index contributed by atoms with van der Waals surface area (Å²) < 4.78 is 5.10. The fourth-order valence-corrected chi connectivity index (χ4v) is 4.18. The Morgan fingerprint density at radius 3 is 2.45 bits per heavy atom. The highest BCUT2D eigenvalue weighted by Gasteiger charge is 2.39. The number of nitrogens with two attached hydrogens (primary N) is 1. The van der Waals surface area contributed by atoms with E-state index in [-0.39, 0.29) is 5.91 Å². The molecular formula is C18H26N2O2. The second kappa shape index (κ2) is 6.80. The fraction of sp³-hybridized carbons (Fsp3) is 0.611. The van der Waals surface area contributed by atoms with Crippen molar-refractivity contribution in [2.75, 3.05) is 7.11 Å². The van der Waals surface area contributed by atoms with Crippen LogP contribution in [-0.4, -0.2) is 25.1 Å². The van der Waals surface area contributed by atoms with Crippen molar-refractivity contribution in [3.8, 4) is 0 Å². The molecule has 3 N–H and O–H groups in total. The number of hydrogen-bond donors (Lipinski definition) is 2. The molecule has 0 saturated heterocycles. The van der Waals surface area contributed by atoms with Crippen molar-refractivity contribution in [2.24, 2.45) is 17.6 Å². The van der Waals surface area contributed by atoms with E-state index in [0.29, 0.717) is 30.5 Å². The molecule has 4 heteroatoms. The molecule has 2 unspecified atom stereocenters. The van der Waals surface area contributed by atoms with Gasteiger partial charge in [0.15, 0.2) is 0 Å². The van der Waals surface area contributed by atoms with Crippen LogP contribution in [0.25, 0.3) is 0 Å². The Labute approximate surface area is 132 Å². The first kappa shape index (κ1) is 15.5. The predicted molar refractivity (Wildman–Crippen MR) is 86.4 cm³/mol. The lowest BCUT2D eigenvalue weighted by Crippen LogP contribution is -2.53. The van der Waals surface area contributed by atoms with Gasteiger partial charge in [-0.1, -0.05) is 18.6 Å². The van der Waals surface area contributed by atoms with Crippen LogP contribution in [0.1, 0.15) is 48.0 Å². The highest BCUT2D eigenvalue weighted by molar-refractivity contribution is 5.94. The van der Waals surface area contributed by atoms with E-state index in [1.165, 1.54) is 19.3 Å². The molecule has 2 bridgehead atoms. The number of benzene rings is 1. The quantitative estimate of drug-likeness (QED) is 0.898. The molecular weight excluding hydrogens is 276 g/mol. The van der Waals surface area contributed by atoms with Crippen LogP contribution in [-0.2, 0) is 11.3 Å². The molecule has 120 valence electrons. The van der Waals surface area contributed by atoms with Gasteiger partial charge in [-0.3, -0.25) is 4.79 Å². The SMILES string of the molecule is COCc1ccc(C(=O)NC2C3CCCC2CC(N)C3)cc1. The lowest BCUT2D eigenvalue weighted by atomic mass is 9.67. The Morgan fingerprint density at radius 2 is 1.86 bits per heavy atom. The average Bonchev–Trinajstić information content (AvgIpc) is 2.49. The number of ether oxygens (including phenoxy) is 1. The molecule has 0 heterocycles. The highest BCUT2D eigenvalue weighted by atomic mass is 16.5. The van der Waals surface area contributed by atoms with Gasteiger partial charge in [-0.2, -0.15) is 0 Å². The Kier molecular flexibility index (Phi) is 4.79. The van der Waals surface area contributed by atoms with Gasteiger partial charge in [-0.15, -0.1) is 0 Å². The molecule has 2 aliphatic carbocycles. The minimum Gasteiger partial charge on any atom is -0.380 e. The van der Waals surface area contributed by atoms with E-state index in [0.717, 1.165) is 24.0 Å². The lowest BCUT2D eigenvalue weighted by molar-refractivity contribution is 0.0756. The molecule has 2 fully saturated rings. The molecule has 0 spiro atoms. The second-order valence-electron chi connectivity index (χ2n) is 6.81. The van der Waals surface area contributed by atoms with Crippen LogP contribution in [0.5, 0.6) is 0 Å². The van der Waals surface area contributed by atoms with Gasteiger partial charge in [0.05, 0.1) is 6.61 Å². The minimum absolute atomic E-state index is 0.0429. The monoisotopic (exact) mass is 302 g/mol. The van der Waals surface area contributed by atoms with E-state index in [4.69, 9.17) is 10.5 Å². The number of amides is 1. The predicted octanol–water partition coefficient (Wildman–Crippen LogP) is 2.47. The molecule has 1 aromatic carbocycles. The van der Waals surface area contributed by atoms with Crippen molar-refractivity contribution in [1.29, 1.82) is 0 Å². The second-order valence-corrected chi connectivity index (χ2v) is 6.81. The van der Waals surface area contributed by atoms with Gasteiger partial charge in [0.25, 0.3) is 5.91 Å². The zero-order valence-corrected chi connectivity index (χ0v) is 13.3. The maximum Gasteiger partial charge on any atom is 0.251 e. The summed E-state index contributed by atoms with van der Waals surface area (Å²) in [5, 5.41) is 3.28. The van der Waals surface area contributed by atoms with Crippen LogP contribution in [0.2, 0.25) is 0 Å². The maximum atomic E-state index is 12.5. The normalized spacial score (nSPS) is 30.8. The first-order chi connectivity index (χ1) is 10.7. The minimum atomic E-state index is 0.0429. The molecule has 2 atom stereocenters. The summed E-state index contributed by atoms with van der Waals surface area (Å²) in [4.78, 5) is 12.5. The van der Waals surface area contributed by atoms with E-state index in [9.17, 15) is 4.79 Å². The smallest absolute Gasteiger partial charge is 0.251 e. The van der Waals surface area contributed by atoms with Crippen LogP contribution in [0, 0.1) is 11.8 Å².